The molecule has 0 aliphatic rings. The first kappa shape index (κ1) is 14.9. The van der Waals surface area contributed by atoms with Gasteiger partial charge in [0.05, 0.1) is 20.3 Å². The van der Waals surface area contributed by atoms with E-state index < -0.39 is 6.10 Å². The van der Waals surface area contributed by atoms with Crippen molar-refractivity contribution < 1.29 is 14.6 Å². The number of aromatic nitrogens is 1. The molecule has 2 unspecified atom stereocenters. The van der Waals surface area contributed by atoms with Crippen LogP contribution in [0.15, 0.2) is 29.4 Å². The van der Waals surface area contributed by atoms with Crippen LogP contribution in [0.1, 0.15) is 13.8 Å². The van der Waals surface area contributed by atoms with E-state index in [1.54, 1.807) is 39.1 Å². The Morgan fingerprint density at radius 3 is 2.40 bits per heavy atom. The quantitative estimate of drug-likeness (QED) is 0.858. The Labute approximate surface area is 123 Å². The number of hydrogen-bond donors (Lipinski definition) is 1. The molecule has 1 heterocycles. The first-order valence-corrected chi connectivity index (χ1v) is 7.30. The molecule has 20 heavy (non-hydrogen) atoms. The van der Waals surface area contributed by atoms with E-state index in [1.807, 2.05) is 25.1 Å². The zero-order chi connectivity index (χ0) is 14.7. The number of pyridine rings is 1. The zero-order valence-corrected chi connectivity index (χ0v) is 12.9. The van der Waals surface area contributed by atoms with Crippen molar-refractivity contribution in [2.24, 2.45) is 0 Å². The van der Waals surface area contributed by atoms with Gasteiger partial charge in [0.15, 0.2) is 11.5 Å². The van der Waals surface area contributed by atoms with Gasteiger partial charge in [-0.2, -0.15) is 0 Å². The number of aliphatic hydroxyl groups is 1. The van der Waals surface area contributed by atoms with E-state index in [0.29, 0.717) is 11.5 Å². The highest BCUT2D eigenvalue weighted by Gasteiger charge is 2.15. The number of rotatable bonds is 5. The third-order valence-electron chi connectivity index (χ3n) is 3.21. The van der Waals surface area contributed by atoms with Crippen molar-refractivity contribution in [1.82, 2.24) is 4.98 Å². The molecule has 0 saturated heterocycles. The lowest BCUT2D eigenvalue weighted by Crippen LogP contribution is -2.15. The van der Waals surface area contributed by atoms with Gasteiger partial charge in [-0.05, 0) is 30.5 Å². The second-order valence-electron chi connectivity index (χ2n) is 4.61. The molecule has 0 spiro atoms. The highest BCUT2D eigenvalue weighted by Crippen LogP contribution is 2.37. The van der Waals surface area contributed by atoms with E-state index in [0.717, 1.165) is 15.8 Å². The van der Waals surface area contributed by atoms with E-state index in [1.165, 1.54) is 0 Å². The molecule has 0 radical (unpaired) electrons. The molecule has 0 aliphatic heterocycles. The molecule has 5 heteroatoms. The van der Waals surface area contributed by atoms with Gasteiger partial charge in [0.25, 0.3) is 0 Å². The molecule has 2 aromatic rings. The molecule has 1 N–H and O–H groups in total. The maximum absolute atomic E-state index is 9.64. The summed E-state index contributed by atoms with van der Waals surface area (Å²) in [5.74, 6) is 1.38. The van der Waals surface area contributed by atoms with Crippen LogP contribution in [0, 0.1) is 0 Å². The third-order valence-corrected chi connectivity index (χ3v) is 4.52. The molecule has 0 aliphatic carbocycles. The molecule has 2 rings (SSSR count). The molecular weight excluding hydrogens is 274 g/mol. The van der Waals surface area contributed by atoms with Crippen LogP contribution in [0.2, 0.25) is 0 Å². The van der Waals surface area contributed by atoms with Crippen molar-refractivity contribution in [3.63, 3.8) is 0 Å². The number of nitrogens with zero attached hydrogens (tertiary/aromatic N) is 1. The lowest BCUT2D eigenvalue weighted by atomic mass is 10.1. The van der Waals surface area contributed by atoms with Crippen LogP contribution < -0.4 is 9.47 Å². The summed E-state index contributed by atoms with van der Waals surface area (Å²) in [7, 11) is 3.24. The normalized spacial score (nSPS) is 14.1. The van der Waals surface area contributed by atoms with Gasteiger partial charge in [-0.3, -0.25) is 0 Å². The number of benzene rings is 1. The fraction of sp³-hybridized carbons (Fsp3) is 0.400. The number of ether oxygens (including phenoxy) is 2. The summed E-state index contributed by atoms with van der Waals surface area (Å²) in [5.41, 5.74) is 0. The Balaban J connectivity index is 2.50. The number of aliphatic hydroxyl groups excluding tert-OH is 1. The summed E-state index contributed by atoms with van der Waals surface area (Å²) in [6.45, 7) is 3.77. The van der Waals surface area contributed by atoms with Crippen LogP contribution in [0.4, 0.5) is 0 Å². The number of thioether (sulfide) groups is 1. The van der Waals surface area contributed by atoms with Gasteiger partial charge in [0, 0.05) is 16.8 Å². The van der Waals surface area contributed by atoms with Crippen LogP contribution >= 0.6 is 11.8 Å². The molecule has 108 valence electrons. The Hall–Kier alpha value is -1.46. The Kier molecular flexibility index (Phi) is 4.73. The summed E-state index contributed by atoms with van der Waals surface area (Å²) >= 11 is 1.56. The summed E-state index contributed by atoms with van der Waals surface area (Å²) in [5, 5.41) is 12.6. The Morgan fingerprint density at radius 1 is 1.15 bits per heavy atom. The second kappa shape index (κ2) is 6.33. The van der Waals surface area contributed by atoms with Gasteiger partial charge in [0.2, 0.25) is 0 Å². The first-order valence-electron chi connectivity index (χ1n) is 6.42. The van der Waals surface area contributed by atoms with Crippen LogP contribution in [-0.4, -0.2) is 35.7 Å². The van der Waals surface area contributed by atoms with Crippen molar-refractivity contribution in [2.75, 3.05) is 14.2 Å². The Bertz CT molecular complexity index is 601. The maximum atomic E-state index is 9.64. The minimum Gasteiger partial charge on any atom is -0.493 e. The lowest BCUT2D eigenvalue weighted by Gasteiger charge is -2.15. The molecule has 2 atom stereocenters. The van der Waals surface area contributed by atoms with Gasteiger partial charge in [-0.15, -0.1) is 11.8 Å². The van der Waals surface area contributed by atoms with E-state index in [2.05, 4.69) is 4.98 Å². The molecule has 0 saturated carbocycles. The van der Waals surface area contributed by atoms with Crippen LogP contribution in [0.5, 0.6) is 11.5 Å². The molecule has 1 aromatic carbocycles. The maximum Gasteiger partial charge on any atom is 0.161 e. The van der Waals surface area contributed by atoms with E-state index in [9.17, 15) is 5.11 Å². The first-order chi connectivity index (χ1) is 9.56. The fourth-order valence-corrected chi connectivity index (χ4v) is 2.82. The third kappa shape index (κ3) is 2.99. The number of hydrogen-bond acceptors (Lipinski definition) is 5. The van der Waals surface area contributed by atoms with E-state index in [-0.39, 0.29) is 5.25 Å². The lowest BCUT2D eigenvalue weighted by molar-refractivity contribution is 0.196. The van der Waals surface area contributed by atoms with Crippen molar-refractivity contribution in [3.05, 3.63) is 24.4 Å². The smallest absolute Gasteiger partial charge is 0.161 e. The molecular formula is C15H19NO3S. The molecule has 0 bridgehead atoms. The minimum absolute atomic E-state index is 0.0706. The van der Waals surface area contributed by atoms with Crippen LogP contribution in [0.3, 0.4) is 0 Å². The SMILES string of the molecule is COc1cc2ccnc(SC(C)C(C)O)c2cc1OC. The summed E-state index contributed by atoms with van der Waals surface area (Å²) in [6.07, 6.45) is 1.38. The van der Waals surface area contributed by atoms with Crippen molar-refractivity contribution in [2.45, 2.75) is 30.2 Å². The molecule has 1 aromatic heterocycles. The highest BCUT2D eigenvalue weighted by atomic mass is 32.2. The topological polar surface area (TPSA) is 51.6 Å². The second-order valence-corrected chi connectivity index (χ2v) is 5.97. The van der Waals surface area contributed by atoms with Gasteiger partial charge in [-0.25, -0.2) is 4.98 Å². The van der Waals surface area contributed by atoms with E-state index >= 15 is 0 Å². The predicted octanol–water partition coefficient (Wildman–Crippen LogP) is 3.11. The van der Waals surface area contributed by atoms with Gasteiger partial charge in [0.1, 0.15) is 5.03 Å². The van der Waals surface area contributed by atoms with Crippen LogP contribution in [0.25, 0.3) is 10.8 Å². The summed E-state index contributed by atoms with van der Waals surface area (Å²) in [4.78, 5) is 4.42. The van der Waals surface area contributed by atoms with Crippen molar-refractivity contribution in [1.29, 1.82) is 0 Å². The van der Waals surface area contributed by atoms with Gasteiger partial charge >= 0.3 is 0 Å². The van der Waals surface area contributed by atoms with Crippen molar-refractivity contribution in [3.8, 4) is 11.5 Å². The molecule has 0 fully saturated rings. The van der Waals surface area contributed by atoms with Crippen LogP contribution in [-0.2, 0) is 0 Å². The molecule has 4 nitrogen and oxygen atoms in total. The standard InChI is InChI=1S/C15H19NO3S/c1-9(17)10(2)20-15-12-8-14(19-4)13(18-3)7-11(12)5-6-16-15/h5-10,17H,1-4H3. The highest BCUT2D eigenvalue weighted by molar-refractivity contribution is 8.00. The number of methoxy groups -OCH3 is 2. The average molecular weight is 293 g/mol. The Morgan fingerprint density at radius 2 is 1.80 bits per heavy atom. The van der Waals surface area contributed by atoms with E-state index in [4.69, 9.17) is 9.47 Å². The summed E-state index contributed by atoms with van der Waals surface area (Å²) in [6, 6.07) is 5.81. The van der Waals surface area contributed by atoms with Crippen molar-refractivity contribution >= 4 is 22.5 Å². The zero-order valence-electron chi connectivity index (χ0n) is 12.1. The molecule has 0 amide bonds. The largest absolute Gasteiger partial charge is 0.493 e. The van der Waals surface area contributed by atoms with Gasteiger partial charge in [-0.1, -0.05) is 6.92 Å². The monoisotopic (exact) mass is 293 g/mol. The van der Waals surface area contributed by atoms with Gasteiger partial charge < -0.3 is 14.6 Å². The fourth-order valence-electron chi connectivity index (χ4n) is 1.84. The average Bonchev–Trinajstić information content (AvgIpc) is 2.45. The predicted molar refractivity (Wildman–Crippen MR) is 81.8 cm³/mol. The summed E-state index contributed by atoms with van der Waals surface area (Å²) < 4.78 is 10.7. The minimum atomic E-state index is -0.391. The number of fused-ring (bicyclic) bond motifs is 1.